The largest absolute Gasteiger partial charge is 0.489 e. The summed E-state index contributed by atoms with van der Waals surface area (Å²) in [6.07, 6.45) is 14.7. The summed E-state index contributed by atoms with van der Waals surface area (Å²) in [6, 6.07) is 19.3. The first-order valence-corrected chi connectivity index (χ1v) is 13.3. The molecule has 0 saturated heterocycles. The van der Waals surface area contributed by atoms with E-state index in [1.807, 2.05) is 49.2 Å². The van der Waals surface area contributed by atoms with E-state index in [9.17, 15) is 0 Å². The van der Waals surface area contributed by atoms with Crippen molar-refractivity contribution in [3.63, 3.8) is 0 Å². The molecule has 1 unspecified atom stereocenters. The first-order chi connectivity index (χ1) is 17.7. The van der Waals surface area contributed by atoms with Gasteiger partial charge in [-0.3, -0.25) is 4.99 Å². The number of nitrogens with zero attached hydrogens (tertiary/aromatic N) is 5. The predicted molar refractivity (Wildman–Crippen MR) is 148 cm³/mol. The van der Waals surface area contributed by atoms with Crippen LogP contribution in [0, 0.1) is 5.92 Å². The van der Waals surface area contributed by atoms with E-state index >= 15 is 0 Å². The Morgan fingerprint density at radius 1 is 0.944 bits per heavy atom. The summed E-state index contributed by atoms with van der Waals surface area (Å²) in [5.74, 6) is 1.65. The van der Waals surface area contributed by atoms with Gasteiger partial charge in [0, 0.05) is 12.6 Å². The molecule has 5 rings (SSSR count). The van der Waals surface area contributed by atoms with Gasteiger partial charge >= 0.3 is 0 Å². The first-order valence-electron chi connectivity index (χ1n) is 13.3. The second-order valence-corrected chi connectivity index (χ2v) is 9.91. The van der Waals surface area contributed by atoms with Gasteiger partial charge in [-0.05, 0) is 62.4 Å². The van der Waals surface area contributed by atoms with Gasteiger partial charge in [-0.15, -0.1) is 4.59 Å². The number of allylic oxidation sites excluding steroid dienone is 1. The SMILES string of the molecule is CCN(CC)CC1CCC(N(c2cccc(OCc3ccccc3)c2)[N+]23C=CN=CC2=CN=C3)CC1. The van der Waals surface area contributed by atoms with Crippen molar-refractivity contribution in [3.8, 4) is 5.75 Å². The van der Waals surface area contributed by atoms with Gasteiger partial charge in [0.05, 0.1) is 30.3 Å². The molecule has 0 radical (unpaired) electrons. The Hall–Kier alpha value is -3.22. The van der Waals surface area contributed by atoms with Gasteiger partial charge in [-0.1, -0.05) is 50.2 Å². The molecule has 1 saturated carbocycles. The summed E-state index contributed by atoms with van der Waals surface area (Å²) in [6.45, 7) is 8.57. The minimum atomic E-state index is 0.395. The van der Waals surface area contributed by atoms with Gasteiger partial charge < -0.3 is 9.64 Å². The summed E-state index contributed by atoms with van der Waals surface area (Å²) in [7, 11) is 0. The van der Waals surface area contributed by atoms with Gasteiger partial charge in [-0.2, -0.15) is 0 Å². The number of hydrogen-bond donors (Lipinski definition) is 0. The van der Waals surface area contributed by atoms with Crippen molar-refractivity contribution in [2.75, 3.05) is 24.6 Å². The molecule has 1 atom stereocenters. The van der Waals surface area contributed by atoms with Gasteiger partial charge in [-0.25, -0.2) is 10.0 Å². The average molecular weight is 485 g/mol. The zero-order valence-electron chi connectivity index (χ0n) is 21.5. The van der Waals surface area contributed by atoms with Crippen molar-refractivity contribution in [1.82, 2.24) is 4.90 Å². The maximum Gasteiger partial charge on any atom is 0.225 e. The van der Waals surface area contributed by atoms with Crippen LogP contribution < -0.4 is 9.75 Å². The van der Waals surface area contributed by atoms with Crippen molar-refractivity contribution >= 4 is 18.2 Å². The van der Waals surface area contributed by atoms with Crippen LogP contribution in [0.3, 0.4) is 0 Å². The zero-order valence-corrected chi connectivity index (χ0v) is 21.5. The van der Waals surface area contributed by atoms with Gasteiger partial charge in [0.25, 0.3) is 0 Å². The van der Waals surface area contributed by atoms with Crippen molar-refractivity contribution in [2.24, 2.45) is 15.9 Å². The fourth-order valence-electron chi connectivity index (χ4n) is 5.68. The van der Waals surface area contributed by atoms with E-state index in [4.69, 9.17) is 4.74 Å². The van der Waals surface area contributed by atoms with E-state index < -0.39 is 0 Å². The monoisotopic (exact) mass is 484 g/mol. The summed E-state index contributed by atoms with van der Waals surface area (Å²) >= 11 is 0. The van der Waals surface area contributed by atoms with Crippen LogP contribution in [0.15, 0.2) is 88.9 Å². The Labute approximate surface area is 215 Å². The Kier molecular flexibility index (Phi) is 7.63. The number of aliphatic imine (C=N–C) groups is 2. The molecule has 188 valence electrons. The highest BCUT2D eigenvalue weighted by Crippen LogP contribution is 2.39. The van der Waals surface area contributed by atoms with Crippen LogP contribution in [0.1, 0.15) is 45.1 Å². The summed E-state index contributed by atoms with van der Waals surface area (Å²) in [5.41, 5.74) is 3.38. The minimum absolute atomic E-state index is 0.395. The normalized spacial score (nSPS) is 24.6. The Morgan fingerprint density at radius 2 is 1.75 bits per heavy atom. The molecular formula is C30H38N5O+. The predicted octanol–water partition coefficient (Wildman–Crippen LogP) is 6.14. The number of anilines is 1. The molecule has 2 aromatic carbocycles. The maximum absolute atomic E-state index is 6.22. The van der Waals surface area contributed by atoms with E-state index in [-0.39, 0.29) is 0 Å². The number of ether oxygens (including phenoxy) is 1. The summed E-state index contributed by atoms with van der Waals surface area (Å²) in [4.78, 5) is 11.5. The molecule has 3 aliphatic rings. The van der Waals surface area contributed by atoms with Crippen LogP contribution in [-0.4, -0.2) is 47.7 Å². The van der Waals surface area contributed by atoms with E-state index in [1.54, 1.807) is 0 Å². The Balaban J connectivity index is 1.39. The number of benzene rings is 2. The number of quaternary nitrogens is 1. The molecule has 6 nitrogen and oxygen atoms in total. The average Bonchev–Trinajstić information content (AvgIpc) is 3.37. The highest BCUT2D eigenvalue weighted by atomic mass is 16.5. The van der Waals surface area contributed by atoms with E-state index in [2.05, 4.69) is 70.3 Å². The lowest BCUT2D eigenvalue weighted by Crippen LogP contribution is -2.60. The van der Waals surface area contributed by atoms with Crippen LogP contribution in [0.4, 0.5) is 5.69 Å². The lowest BCUT2D eigenvalue weighted by molar-refractivity contribution is -0.746. The second kappa shape index (κ2) is 11.2. The molecule has 0 bridgehead atoms. The van der Waals surface area contributed by atoms with Crippen LogP contribution in [-0.2, 0) is 6.61 Å². The molecule has 0 amide bonds. The fraction of sp³-hybridized carbons (Fsp3) is 0.400. The lowest BCUT2D eigenvalue weighted by atomic mass is 9.85. The standard InChI is InChI=1S/C30H38N5O/c1-3-33(4-2)22-25-13-15-27(16-14-25)34(35-18-17-31-20-29(35)21-32-24-35)28-11-8-12-30(19-28)36-23-26-9-6-5-7-10-26/h5-12,17-21,24-25,27H,3-4,13-16,22-23H2,1-2H3/q+1. The first kappa shape index (κ1) is 24.5. The number of hydrogen-bond acceptors (Lipinski definition) is 5. The lowest BCUT2D eigenvalue weighted by Gasteiger charge is -2.46. The third-order valence-electron chi connectivity index (χ3n) is 7.71. The third-order valence-corrected chi connectivity index (χ3v) is 7.71. The molecule has 2 aromatic rings. The Bertz CT molecular complexity index is 1130. The highest BCUT2D eigenvalue weighted by Gasteiger charge is 2.45. The van der Waals surface area contributed by atoms with Gasteiger partial charge in [0.1, 0.15) is 12.4 Å². The van der Waals surface area contributed by atoms with Crippen LogP contribution in [0.2, 0.25) is 0 Å². The molecule has 36 heavy (non-hydrogen) atoms. The van der Waals surface area contributed by atoms with Crippen LogP contribution in [0.25, 0.3) is 0 Å². The van der Waals surface area contributed by atoms with Gasteiger partial charge in [0.15, 0.2) is 6.20 Å². The molecule has 0 N–H and O–H groups in total. The molecular weight excluding hydrogens is 446 g/mol. The molecule has 0 aromatic heterocycles. The van der Waals surface area contributed by atoms with Crippen molar-refractivity contribution in [3.05, 3.63) is 84.5 Å². The topological polar surface area (TPSA) is 40.4 Å². The maximum atomic E-state index is 6.22. The molecule has 6 heteroatoms. The quantitative estimate of drug-likeness (QED) is 0.380. The molecule has 1 fully saturated rings. The summed E-state index contributed by atoms with van der Waals surface area (Å²) in [5, 5.41) is 2.52. The minimum Gasteiger partial charge on any atom is -0.489 e. The molecule has 2 heterocycles. The third kappa shape index (κ3) is 5.15. The van der Waals surface area contributed by atoms with Crippen molar-refractivity contribution < 1.29 is 9.33 Å². The smallest absolute Gasteiger partial charge is 0.225 e. The van der Waals surface area contributed by atoms with Crippen LogP contribution in [0.5, 0.6) is 5.75 Å². The number of rotatable bonds is 10. The van der Waals surface area contributed by atoms with E-state index in [0.717, 1.165) is 49.0 Å². The molecule has 2 aliphatic heterocycles. The molecule has 1 aliphatic carbocycles. The van der Waals surface area contributed by atoms with Crippen LogP contribution >= 0.6 is 0 Å². The second-order valence-electron chi connectivity index (χ2n) is 9.91. The van der Waals surface area contributed by atoms with Crippen molar-refractivity contribution in [1.29, 1.82) is 0 Å². The Morgan fingerprint density at radius 3 is 2.53 bits per heavy atom. The zero-order chi connectivity index (χ0) is 24.8. The van der Waals surface area contributed by atoms with E-state index in [0.29, 0.717) is 17.2 Å². The highest BCUT2D eigenvalue weighted by molar-refractivity contribution is 5.82. The number of fused-ring (bicyclic) bond motifs is 1. The summed E-state index contributed by atoms with van der Waals surface area (Å²) < 4.78 is 6.68. The molecule has 0 spiro atoms. The van der Waals surface area contributed by atoms with E-state index in [1.165, 1.54) is 24.9 Å². The van der Waals surface area contributed by atoms with Gasteiger partial charge in [0.2, 0.25) is 12.0 Å². The fourth-order valence-corrected chi connectivity index (χ4v) is 5.68. The van der Waals surface area contributed by atoms with Crippen molar-refractivity contribution in [2.45, 2.75) is 52.2 Å².